The summed E-state index contributed by atoms with van der Waals surface area (Å²) in [6.45, 7) is 18.3. The molecule has 0 amide bonds. The topological polar surface area (TPSA) is 162 Å². The molecule has 0 aromatic rings. The first kappa shape index (κ1) is 35.8. The number of ether oxygens (including phenoxy) is 2. The maximum absolute atomic E-state index is 10.3. The van der Waals surface area contributed by atoms with Crippen molar-refractivity contribution in [3.8, 4) is 0 Å². The van der Waals surface area contributed by atoms with Gasteiger partial charge in [0.2, 0.25) is 0 Å². The van der Waals surface area contributed by atoms with Gasteiger partial charge in [0.25, 0.3) is 0 Å². The average molecular weight is 403 g/mol. The van der Waals surface area contributed by atoms with Crippen LogP contribution < -0.4 is 6.15 Å². The fraction of sp³-hybridized carbons (Fsp3) is 0.368. The lowest BCUT2D eigenvalue weighted by Gasteiger charge is -1.97. The number of carboxylic acid groups (broad SMARTS) is 2. The van der Waals surface area contributed by atoms with Gasteiger partial charge in [-0.15, -0.1) is 0 Å². The van der Waals surface area contributed by atoms with Crippen LogP contribution in [0, 0.1) is 0 Å². The lowest BCUT2D eigenvalue weighted by atomic mass is 10.4. The van der Waals surface area contributed by atoms with E-state index in [4.69, 9.17) is 10.2 Å². The van der Waals surface area contributed by atoms with Gasteiger partial charge in [-0.3, -0.25) is 0 Å². The highest BCUT2D eigenvalue weighted by Gasteiger charge is 1.95. The Bertz CT molecular complexity index is 512. The number of carbonyl (C=O) groups excluding carboxylic acids is 2. The average Bonchev–Trinajstić information content (AvgIpc) is 2.62. The molecule has 5 N–H and O–H groups in total. The molecule has 0 aliphatic carbocycles. The first-order valence-electron chi connectivity index (χ1n) is 7.68. The zero-order valence-corrected chi connectivity index (χ0v) is 17.2. The number of methoxy groups -OCH3 is 1. The monoisotopic (exact) mass is 403 g/mol. The molecule has 0 unspecified atom stereocenters. The van der Waals surface area contributed by atoms with E-state index in [1.54, 1.807) is 6.92 Å². The Balaban J connectivity index is -0.0000000849. The first-order valence-corrected chi connectivity index (χ1v) is 7.68. The number of carbonyl (C=O) groups is 4. The van der Waals surface area contributed by atoms with E-state index in [1.807, 2.05) is 6.92 Å². The quantitative estimate of drug-likeness (QED) is 0.329. The molecule has 0 aromatic carbocycles. The molecule has 9 heteroatoms. The molecule has 0 heterocycles. The van der Waals surface area contributed by atoms with Crippen LogP contribution in [0.2, 0.25) is 0 Å². The van der Waals surface area contributed by atoms with Gasteiger partial charge in [0.05, 0.1) is 13.7 Å². The molecule has 0 aliphatic rings. The van der Waals surface area contributed by atoms with Crippen LogP contribution in [-0.4, -0.2) is 47.8 Å². The summed E-state index contributed by atoms with van der Waals surface area (Å²) in [6.07, 6.45) is 3.99. The number of esters is 2. The van der Waals surface area contributed by atoms with E-state index in [2.05, 4.69) is 35.8 Å². The largest absolute Gasteiger partial charge is 0.478 e. The summed E-state index contributed by atoms with van der Waals surface area (Å²) >= 11 is 0. The Morgan fingerprint density at radius 2 is 1.36 bits per heavy atom. The van der Waals surface area contributed by atoms with Gasteiger partial charge in [0.15, 0.2) is 0 Å². The third kappa shape index (κ3) is 43.4. The van der Waals surface area contributed by atoms with E-state index in [-0.39, 0.29) is 23.7 Å². The zero-order chi connectivity index (χ0) is 22.4. The molecule has 0 aliphatic heterocycles. The minimum Gasteiger partial charge on any atom is -0.478 e. The molecule has 0 fully saturated rings. The van der Waals surface area contributed by atoms with Crippen LogP contribution in [-0.2, 0) is 28.7 Å². The normalized spacial score (nSPS) is 7.43. The highest BCUT2D eigenvalue weighted by Crippen LogP contribution is 1.88. The molecular formula is C19H33NO8. The Labute approximate surface area is 166 Å². The van der Waals surface area contributed by atoms with Crippen LogP contribution >= 0.6 is 0 Å². The van der Waals surface area contributed by atoms with Gasteiger partial charge >= 0.3 is 23.9 Å². The van der Waals surface area contributed by atoms with Gasteiger partial charge in [-0.05, 0) is 20.3 Å². The van der Waals surface area contributed by atoms with Crippen molar-refractivity contribution in [3.63, 3.8) is 0 Å². The second-order valence-corrected chi connectivity index (χ2v) is 4.62. The van der Waals surface area contributed by atoms with Crippen LogP contribution in [0.1, 0.15) is 33.6 Å². The molecule has 9 nitrogen and oxygen atoms in total. The summed E-state index contributed by atoms with van der Waals surface area (Å²) in [5.41, 5.74) is 0.609. The lowest BCUT2D eigenvalue weighted by Crippen LogP contribution is -2.00. The third-order valence-corrected chi connectivity index (χ3v) is 1.98. The van der Waals surface area contributed by atoms with E-state index >= 15 is 0 Å². The molecule has 0 spiro atoms. The highest BCUT2D eigenvalue weighted by molar-refractivity contribution is 5.86. The van der Waals surface area contributed by atoms with E-state index in [9.17, 15) is 19.2 Å². The van der Waals surface area contributed by atoms with Gasteiger partial charge < -0.3 is 25.8 Å². The summed E-state index contributed by atoms with van der Waals surface area (Å²) in [7, 11) is 1.33. The van der Waals surface area contributed by atoms with Gasteiger partial charge in [-0.2, -0.15) is 0 Å². The summed E-state index contributed by atoms with van der Waals surface area (Å²) < 4.78 is 8.95. The second kappa shape index (κ2) is 26.0. The lowest BCUT2D eigenvalue weighted by molar-refractivity contribution is -0.138. The van der Waals surface area contributed by atoms with Crippen molar-refractivity contribution in [1.29, 1.82) is 0 Å². The molecule has 0 saturated carbocycles. The molecule has 0 atom stereocenters. The van der Waals surface area contributed by atoms with Gasteiger partial charge in [0, 0.05) is 23.3 Å². The van der Waals surface area contributed by atoms with E-state index in [1.165, 1.54) is 20.1 Å². The minimum atomic E-state index is -0.981. The number of hydrogen-bond acceptors (Lipinski definition) is 7. The molecule has 28 heavy (non-hydrogen) atoms. The zero-order valence-electron chi connectivity index (χ0n) is 17.2. The molecule has 0 aromatic heterocycles. The Kier molecular flexibility index (Phi) is 33.3. The van der Waals surface area contributed by atoms with Crippen molar-refractivity contribution >= 4 is 23.9 Å². The SMILES string of the molecule is C=C(C)C(=O)O.C=C(C)C(=O)OC.C=CC(=O)O.C=CC(=O)OCCCC.N. The van der Waals surface area contributed by atoms with Crippen molar-refractivity contribution in [2.24, 2.45) is 0 Å². The van der Waals surface area contributed by atoms with Crippen molar-refractivity contribution in [2.75, 3.05) is 13.7 Å². The van der Waals surface area contributed by atoms with Crippen LogP contribution in [0.15, 0.2) is 49.6 Å². The highest BCUT2D eigenvalue weighted by atomic mass is 16.5. The van der Waals surface area contributed by atoms with Gasteiger partial charge in [0.1, 0.15) is 0 Å². The predicted octanol–water partition coefficient (Wildman–Crippen LogP) is 3.32. The maximum Gasteiger partial charge on any atom is 0.332 e. The smallest absolute Gasteiger partial charge is 0.332 e. The molecule has 0 saturated heterocycles. The van der Waals surface area contributed by atoms with Crippen molar-refractivity contribution < 1.29 is 38.9 Å². The summed E-state index contributed by atoms with van der Waals surface area (Å²) in [4.78, 5) is 39.4. The van der Waals surface area contributed by atoms with Crippen molar-refractivity contribution in [2.45, 2.75) is 33.6 Å². The number of unbranched alkanes of at least 4 members (excludes halogenated alkanes) is 1. The molecule has 0 bridgehead atoms. The summed E-state index contributed by atoms with van der Waals surface area (Å²) in [5.74, 6) is -2.59. The van der Waals surface area contributed by atoms with Crippen molar-refractivity contribution in [3.05, 3.63) is 49.6 Å². The first-order chi connectivity index (χ1) is 12.4. The number of aliphatic carboxylic acids is 2. The minimum absolute atomic E-state index is 0. The number of carboxylic acids is 2. The number of hydrogen-bond donors (Lipinski definition) is 3. The van der Waals surface area contributed by atoms with E-state index in [0.717, 1.165) is 18.9 Å². The molecule has 0 rings (SSSR count). The third-order valence-electron chi connectivity index (χ3n) is 1.98. The Hall–Kier alpha value is -3.20. The predicted molar refractivity (Wildman–Crippen MR) is 108 cm³/mol. The fourth-order valence-electron chi connectivity index (χ4n) is 0.550. The van der Waals surface area contributed by atoms with Gasteiger partial charge in [-0.1, -0.05) is 39.7 Å². The van der Waals surface area contributed by atoms with Crippen molar-refractivity contribution in [1.82, 2.24) is 6.15 Å². The van der Waals surface area contributed by atoms with E-state index < -0.39 is 11.9 Å². The molecule has 162 valence electrons. The van der Waals surface area contributed by atoms with Gasteiger partial charge in [-0.25, -0.2) is 19.2 Å². The van der Waals surface area contributed by atoms with E-state index in [0.29, 0.717) is 12.2 Å². The van der Waals surface area contributed by atoms with Crippen LogP contribution in [0.5, 0.6) is 0 Å². The van der Waals surface area contributed by atoms with Crippen LogP contribution in [0.3, 0.4) is 0 Å². The standard InChI is InChI=1S/C7H12O2.C5H8O2.C4H6O2.C3H4O2.H3N/c1-3-5-6-9-7(8)4-2;1-4(2)5(6)7-3;1-3(2)4(5)6;1-2-3(4)5;/h4H,2-3,5-6H2,1H3;1H2,2-3H3;1H2,2H3,(H,5,6);2H,1H2,(H,4,5);1H3. The maximum atomic E-state index is 10.3. The fourth-order valence-corrected chi connectivity index (χ4v) is 0.550. The number of rotatable bonds is 7. The summed E-state index contributed by atoms with van der Waals surface area (Å²) in [6, 6.07) is 0. The van der Waals surface area contributed by atoms with Crippen LogP contribution in [0.25, 0.3) is 0 Å². The Morgan fingerprint density at radius 3 is 1.50 bits per heavy atom. The molecule has 0 radical (unpaired) electrons. The summed E-state index contributed by atoms with van der Waals surface area (Å²) in [5, 5.41) is 15.5. The molecular weight excluding hydrogens is 370 g/mol. The Morgan fingerprint density at radius 1 is 0.964 bits per heavy atom. The van der Waals surface area contributed by atoms with Crippen LogP contribution in [0.4, 0.5) is 0 Å². The second-order valence-electron chi connectivity index (χ2n) is 4.62.